The Labute approximate surface area is 87.8 Å². The summed E-state index contributed by atoms with van der Waals surface area (Å²) in [6.45, 7) is -0.237. The fraction of sp³-hybridized carbons (Fsp3) is 0.500. The molecule has 0 spiro atoms. The molecule has 1 heterocycles. The van der Waals surface area contributed by atoms with Gasteiger partial charge in [0.25, 0.3) is 0 Å². The number of hydrogen-bond acceptors (Lipinski definition) is 4. The van der Waals surface area contributed by atoms with E-state index in [0.29, 0.717) is 0 Å². The van der Waals surface area contributed by atoms with E-state index in [1.165, 1.54) is 0 Å². The summed E-state index contributed by atoms with van der Waals surface area (Å²) >= 11 is 0. The summed E-state index contributed by atoms with van der Waals surface area (Å²) in [5.41, 5.74) is -0.356. The Morgan fingerprint density at radius 1 is 1.56 bits per heavy atom. The van der Waals surface area contributed by atoms with Crippen molar-refractivity contribution < 1.29 is 32.2 Å². The van der Waals surface area contributed by atoms with Crippen LogP contribution in [0.25, 0.3) is 0 Å². The van der Waals surface area contributed by atoms with E-state index in [1.807, 2.05) is 0 Å². The van der Waals surface area contributed by atoms with Gasteiger partial charge in [-0.25, -0.2) is 4.79 Å². The first-order valence-corrected chi connectivity index (χ1v) is 4.27. The lowest BCUT2D eigenvalue weighted by atomic mass is 10.3. The number of alkyl halides is 3. The van der Waals surface area contributed by atoms with E-state index in [-0.39, 0.29) is 24.8 Å². The van der Waals surface area contributed by atoms with E-state index in [1.54, 1.807) is 0 Å². The summed E-state index contributed by atoms with van der Waals surface area (Å²) in [5, 5.41) is 8.45. The monoisotopic (exact) mass is 239 g/mol. The van der Waals surface area contributed by atoms with E-state index in [0.717, 1.165) is 6.26 Å². The van der Waals surface area contributed by atoms with E-state index >= 15 is 0 Å². The van der Waals surface area contributed by atoms with Crippen LogP contribution >= 0.6 is 0 Å². The minimum Gasteiger partial charge on any atom is -0.476 e. The molecule has 0 aliphatic carbocycles. The zero-order valence-electron chi connectivity index (χ0n) is 7.95. The maximum Gasteiger partial charge on any atom is 0.394 e. The zero-order chi connectivity index (χ0) is 12.2. The molecule has 0 amide bonds. The van der Waals surface area contributed by atoms with Crippen LogP contribution in [-0.2, 0) is 0 Å². The van der Waals surface area contributed by atoms with Crippen molar-refractivity contribution in [2.45, 2.75) is 19.0 Å². The third-order valence-corrected chi connectivity index (χ3v) is 1.53. The fourth-order valence-electron chi connectivity index (χ4n) is 0.854. The van der Waals surface area contributed by atoms with Gasteiger partial charge < -0.3 is 14.3 Å². The van der Waals surface area contributed by atoms with Crippen LogP contribution in [-0.4, -0.2) is 28.8 Å². The summed E-state index contributed by atoms with van der Waals surface area (Å²) in [5.74, 6) is -1.30. The van der Waals surface area contributed by atoms with Crippen molar-refractivity contribution in [1.29, 1.82) is 0 Å². The normalized spacial score (nSPS) is 11.4. The molecule has 1 N–H and O–H groups in total. The topological polar surface area (TPSA) is 72.6 Å². The SMILES string of the molecule is O=C(O)c1coc(OCCCC(F)(F)F)n1. The Morgan fingerprint density at radius 3 is 2.75 bits per heavy atom. The first-order valence-electron chi connectivity index (χ1n) is 4.27. The first-order chi connectivity index (χ1) is 7.38. The fourth-order valence-corrected chi connectivity index (χ4v) is 0.854. The predicted octanol–water partition coefficient (Wildman–Crippen LogP) is 2.09. The third-order valence-electron chi connectivity index (χ3n) is 1.53. The van der Waals surface area contributed by atoms with E-state index < -0.39 is 18.6 Å². The molecule has 16 heavy (non-hydrogen) atoms. The van der Waals surface area contributed by atoms with Crippen LogP contribution in [0.1, 0.15) is 23.3 Å². The van der Waals surface area contributed by atoms with Crippen LogP contribution in [0.2, 0.25) is 0 Å². The average Bonchev–Trinajstić information content (AvgIpc) is 2.59. The number of carboxylic acid groups (broad SMARTS) is 1. The van der Waals surface area contributed by atoms with Gasteiger partial charge >= 0.3 is 18.2 Å². The largest absolute Gasteiger partial charge is 0.476 e. The minimum atomic E-state index is -4.23. The van der Waals surface area contributed by atoms with Crippen molar-refractivity contribution in [1.82, 2.24) is 4.98 Å². The van der Waals surface area contributed by atoms with Gasteiger partial charge in [0, 0.05) is 6.42 Å². The van der Waals surface area contributed by atoms with Crippen LogP contribution in [0.4, 0.5) is 13.2 Å². The number of carboxylic acids is 1. The Bertz CT molecular complexity index is 360. The number of rotatable bonds is 5. The number of aromatic carboxylic acids is 1. The number of halogens is 3. The molecule has 0 radical (unpaired) electrons. The van der Waals surface area contributed by atoms with Gasteiger partial charge in [-0.1, -0.05) is 0 Å². The Balaban J connectivity index is 2.30. The second-order valence-corrected chi connectivity index (χ2v) is 2.87. The number of ether oxygens (including phenoxy) is 1. The van der Waals surface area contributed by atoms with E-state index in [4.69, 9.17) is 9.84 Å². The number of hydrogen-bond donors (Lipinski definition) is 1. The lowest BCUT2D eigenvalue weighted by Gasteiger charge is -2.05. The van der Waals surface area contributed by atoms with Gasteiger partial charge in [0.15, 0.2) is 5.69 Å². The van der Waals surface area contributed by atoms with Crippen LogP contribution in [0.3, 0.4) is 0 Å². The molecule has 5 nitrogen and oxygen atoms in total. The zero-order valence-corrected chi connectivity index (χ0v) is 7.95. The molecule has 0 saturated heterocycles. The summed E-state index contributed by atoms with van der Waals surface area (Å²) in [4.78, 5) is 13.7. The summed E-state index contributed by atoms with van der Waals surface area (Å²) < 4.78 is 44.4. The maximum atomic E-state index is 11.7. The molecule has 0 saturated carbocycles. The maximum absolute atomic E-state index is 11.7. The summed E-state index contributed by atoms with van der Waals surface area (Å²) in [6.07, 6.45) is -4.94. The summed E-state index contributed by atoms with van der Waals surface area (Å²) in [7, 11) is 0. The highest BCUT2D eigenvalue weighted by molar-refractivity contribution is 5.84. The second-order valence-electron chi connectivity index (χ2n) is 2.87. The highest BCUT2D eigenvalue weighted by Crippen LogP contribution is 2.21. The molecule has 0 unspecified atom stereocenters. The van der Waals surface area contributed by atoms with Crippen molar-refractivity contribution in [2.24, 2.45) is 0 Å². The molecule has 0 fully saturated rings. The number of aromatic nitrogens is 1. The molecule has 90 valence electrons. The van der Waals surface area contributed by atoms with Gasteiger partial charge in [-0.15, -0.1) is 0 Å². The smallest absolute Gasteiger partial charge is 0.394 e. The average molecular weight is 239 g/mol. The highest BCUT2D eigenvalue weighted by Gasteiger charge is 2.26. The molecule has 8 heteroatoms. The van der Waals surface area contributed by atoms with Crippen molar-refractivity contribution in [2.75, 3.05) is 6.61 Å². The van der Waals surface area contributed by atoms with Gasteiger partial charge in [-0.3, -0.25) is 0 Å². The molecule has 0 aromatic carbocycles. The molecule has 1 aromatic rings. The van der Waals surface area contributed by atoms with Crippen LogP contribution in [0, 0.1) is 0 Å². The third kappa shape index (κ3) is 4.20. The number of oxazole rings is 1. The van der Waals surface area contributed by atoms with Gasteiger partial charge in [0.05, 0.1) is 6.61 Å². The van der Waals surface area contributed by atoms with Crippen LogP contribution in [0.5, 0.6) is 6.08 Å². The van der Waals surface area contributed by atoms with E-state index in [9.17, 15) is 18.0 Å². The Kier molecular flexibility index (Phi) is 3.75. The lowest BCUT2D eigenvalue weighted by molar-refractivity contribution is -0.136. The molecule has 0 aliphatic heterocycles. The molecular formula is C8H8F3NO4. The van der Waals surface area contributed by atoms with Crippen molar-refractivity contribution >= 4 is 5.97 Å². The first kappa shape index (κ1) is 12.3. The lowest BCUT2D eigenvalue weighted by Crippen LogP contribution is -2.09. The summed E-state index contributed by atoms with van der Waals surface area (Å²) in [6, 6.07) is 0. The highest BCUT2D eigenvalue weighted by atomic mass is 19.4. The van der Waals surface area contributed by atoms with Crippen molar-refractivity contribution in [3.05, 3.63) is 12.0 Å². The predicted molar refractivity (Wildman–Crippen MR) is 44.2 cm³/mol. The molecule has 0 bridgehead atoms. The minimum absolute atomic E-state index is 0.237. The van der Waals surface area contributed by atoms with Crippen LogP contribution in [0.15, 0.2) is 10.7 Å². The molecule has 1 rings (SSSR count). The Morgan fingerprint density at radius 2 is 2.25 bits per heavy atom. The van der Waals surface area contributed by atoms with Crippen molar-refractivity contribution in [3.63, 3.8) is 0 Å². The van der Waals surface area contributed by atoms with Gasteiger partial charge in [0.2, 0.25) is 0 Å². The standard InChI is InChI=1S/C8H8F3NO4/c9-8(10,11)2-1-3-15-7-12-5(4-16-7)6(13)14/h4H,1-3H2,(H,13,14). The molecular weight excluding hydrogens is 231 g/mol. The quantitative estimate of drug-likeness (QED) is 0.796. The van der Waals surface area contributed by atoms with Gasteiger partial charge in [-0.05, 0) is 6.42 Å². The van der Waals surface area contributed by atoms with E-state index in [2.05, 4.69) is 9.40 Å². The number of nitrogens with zero attached hydrogens (tertiary/aromatic N) is 1. The second kappa shape index (κ2) is 4.86. The Hall–Kier alpha value is -1.73. The van der Waals surface area contributed by atoms with Crippen LogP contribution < -0.4 is 4.74 Å². The number of carbonyl (C=O) groups is 1. The molecule has 1 aromatic heterocycles. The molecule has 0 aliphatic rings. The van der Waals surface area contributed by atoms with Crippen molar-refractivity contribution in [3.8, 4) is 6.08 Å². The molecule has 0 atom stereocenters. The van der Waals surface area contributed by atoms with Gasteiger partial charge in [0.1, 0.15) is 6.26 Å². The van der Waals surface area contributed by atoms with Gasteiger partial charge in [-0.2, -0.15) is 18.2 Å².